The minimum atomic E-state index is -3.54. The highest BCUT2D eigenvalue weighted by atomic mass is 32.2. The van der Waals surface area contributed by atoms with Gasteiger partial charge in [0.25, 0.3) is 0 Å². The van der Waals surface area contributed by atoms with Gasteiger partial charge in [-0.15, -0.1) is 0 Å². The Labute approximate surface area is 123 Å². The van der Waals surface area contributed by atoms with Crippen LogP contribution in [-0.2, 0) is 23.1 Å². The number of sulfonamides is 1. The van der Waals surface area contributed by atoms with Gasteiger partial charge in [0.15, 0.2) is 0 Å². The average molecular weight is 310 g/mol. The Morgan fingerprint density at radius 2 is 2.29 bits per heavy atom. The third-order valence-corrected chi connectivity index (χ3v) is 4.67. The fraction of sp³-hybridized carbons (Fsp3) is 0.462. The normalized spacial score (nSPS) is 15.4. The first-order valence-electron chi connectivity index (χ1n) is 6.90. The number of furan rings is 1. The Balaban J connectivity index is 1.55. The van der Waals surface area contributed by atoms with Crippen molar-refractivity contribution in [3.05, 3.63) is 36.5 Å². The van der Waals surface area contributed by atoms with Gasteiger partial charge in [0.2, 0.25) is 10.0 Å². The molecule has 0 aromatic carbocycles. The maximum absolute atomic E-state index is 12.1. The number of hydrogen-bond acceptors (Lipinski definition) is 5. The zero-order valence-electron chi connectivity index (χ0n) is 11.5. The summed E-state index contributed by atoms with van der Waals surface area (Å²) in [7, 11) is -3.54. The molecule has 114 valence electrons. The molecule has 2 aromatic rings. The highest BCUT2D eigenvalue weighted by Crippen LogP contribution is 2.18. The molecule has 0 atom stereocenters. The molecule has 2 aromatic heterocycles. The van der Waals surface area contributed by atoms with Gasteiger partial charge >= 0.3 is 0 Å². The summed E-state index contributed by atoms with van der Waals surface area (Å²) in [5.41, 5.74) is 0.777. The maximum Gasteiger partial charge on any atom is 0.243 e. The summed E-state index contributed by atoms with van der Waals surface area (Å²) in [5.74, 6) is 0. The van der Waals surface area contributed by atoms with Crippen molar-refractivity contribution in [2.75, 3.05) is 6.54 Å². The summed E-state index contributed by atoms with van der Waals surface area (Å²) in [6.45, 7) is 1.66. The van der Waals surface area contributed by atoms with Crippen LogP contribution in [0.25, 0.3) is 0 Å². The summed E-state index contributed by atoms with van der Waals surface area (Å²) >= 11 is 0. The average Bonchev–Trinajstić information content (AvgIpc) is 2.94. The van der Waals surface area contributed by atoms with E-state index < -0.39 is 10.0 Å². The fourth-order valence-electron chi connectivity index (χ4n) is 1.93. The first kappa shape index (κ1) is 14.3. The van der Waals surface area contributed by atoms with Crippen LogP contribution < -0.4 is 10.0 Å². The second-order valence-corrected chi connectivity index (χ2v) is 6.89. The molecule has 8 heteroatoms. The monoisotopic (exact) mass is 310 g/mol. The van der Waals surface area contributed by atoms with Gasteiger partial charge in [-0.1, -0.05) is 0 Å². The molecule has 2 heterocycles. The number of nitrogens with zero attached hydrogens (tertiary/aromatic N) is 2. The Morgan fingerprint density at radius 1 is 1.43 bits per heavy atom. The molecular weight excluding hydrogens is 292 g/mol. The van der Waals surface area contributed by atoms with Crippen molar-refractivity contribution in [2.24, 2.45) is 0 Å². The zero-order chi connectivity index (χ0) is 14.7. The van der Waals surface area contributed by atoms with Crippen molar-refractivity contribution in [1.29, 1.82) is 0 Å². The van der Waals surface area contributed by atoms with Crippen LogP contribution in [-0.4, -0.2) is 30.8 Å². The molecule has 7 nitrogen and oxygen atoms in total. The highest BCUT2D eigenvalue weighted by molar-refractivity contribution is 7.89. The summed E-state index contributed by atoms with van der Waals surface area (Å²) < 4.78 is 33.3. The van der Waals surface area contributed by atoms with E-state index >= 15 is 0 Å². The van der Waals surface area contributed by atoms with Crippen molar-refractivity contribution in [3.63, 3.8) is 0 Å². The summed E-state index contributed by atoms with van der Waals surface area (Å²) in [4.78, 5) is 0.178. The maximum atomic E-state index is 12.1. The SMILES string of the molecule is O=S(=O)(NCc1ccoc1)c1cnn(CCNC2CC2)c1. The van der Waals surface area contributed by atoms with Gasteiger partial charge in [0.05, 0.1) is 25.3 Å². The van der Waals surface area contributed by atoms with Crippen LogP contribution in [0.1, 0.15) is 18.4 Å². The van der Waals surface area contributed by atoms with E-state index in [1.54, 1.807) is 16.9 Å². The third-order valence-electron chi connectivity index (χ3n) is 3.32. The van der Waals surface area contributed by atoms with E-state index in [9.17, 15) is 8.42 Å². The van der Waals surface area contributed by atoms with E-state index in [-0.39, 0.29) is 11.4 Å². The first-order valence-corrected chi connectivity index (χ1v) is 8.38. The lowest BCUT2D eigenvalue weighted by Gasteiger charge is -2.03. The molecule has 21 heavy (non-hydrogen) atoms. The van der Waals surface area contributed by atoms with Crippen LogP contribution >= 0.6 is 0 Å². The Hall–Kier alpha value is -1.64. The van der Waals surface area contributed by atoms with Crippen molar-refractivity contribution >= 4 is 10.0 Å². The van der Waals surface area contributed by atoms with E-state index in [0.717, 1.165) is 12.1 Å². The molecule has 1 aliphatic rings. The zero-order valence-corrected chi connectivity index (χ0v) is 12.3. The smallest absolute Gasteiger partial charge is 0.243 e. The van der Waals surface area contributed by atoms with Gasteiger partial charge in [-0.25, -0.2) is 13.1 Å². The van der Waals surface area contributed by atoms with Crippen molar-refractivity contribution in [3.8, 4) is 0 Å². The van der Waals surface area contributed by atoms with E-state index in [1.165, 1.54) is 31.6 Å². The predicted molar refractivity (Wildman–Crippen MR) is 76.0 cm³/mol. The first-order chi connectivity index (χ1) is 10.1. The van der Waals surface area contributed by atoms with Crippen LogP contribution in [0.4, 0.5) is 0 Å². The molecule has 0 spiro atoms. The molecule has 3 rings (SSSR count). The molecule has 0 aliphatic heterocycles. The topological polar surface area (TPSA) is 89.2 Å². The van der Waals surface area contributed by atoms with Crippen LogP contribution in [0.3, 0.4) is 0 Å². The summed E-state index contributed by atoms with van der Waals surface area (Å²) in [6.07, 6.45) is 8.40. The number of hydrogen-bond donors (Lipinski definition) is 2. The second kappa shape index (κ2) is 6.00. The Bertz CT molecular complexity index is 674. The van der Waals surface area contributed by atoms with Gasteiger partial charge in [-0.3, -0.25) is 4.68 Å². The lowest BCUT2D eigenvalue weighted by molar-refractivity contribution is 0.551. The van der Waals surface area contributed by atoms with Crippen LogP contribution in [0.2, 0.25) is 0 Å². The molecule has 0 bridgehead atoms. The van der Waals surface area contributed by atoms with Gasteiger partial charge in [0, 0.05) is 30.9 Å². The molecule has 1 aliphatic carbocycles. The molecule has 0 unspecified atom stereocenters. The molecule has 0 saturated heterocycles. The molecule has 0 amide bonds. The second-order valence-electron chi connectivity index (χ2n) is 5.12. The van der Waals surface area contributed by atoms with E-state index in [0.29, 0.717) is 12.6 Å². The van der Waals surface area contributed by atoms with Crippen molar-refractivity contribution < 1.29 is 12.8 Å². The molecular formula is C13H18N4O3S. The molecule has 1 fully saturated rings. The number of nitrogens with one attached hydrogen (secondary N) is 2. The van der Waals surface area contributed by atoms with Crippen molar-refractivity contribution in [1.82, 2.24) is 19.8 Å². The van der Waals surface area contributed by atoms with Gasteiger partial charge in [-0.05, 0) is 18.9 Å². The summed E-state index contributed by atoms with van der Waals surface area (Å²) in [6, 6.07) is 2.36. The Kier molecular flexibility index (Phi) is 4.09. The van der Waals surface area contributed by atoms with Gasteiger partial charge in [0.1, 0.15) is 4.90 Å². The molecule has 1 saturated carbocycles. The lowest BCUT2D eigenvalue weighted by atomic mass is 10.4. The quantitative estimate of drug-likeness (QED) is 0.749. The van der Waals surface area contributed by atoms with Crippen LogP contribution in [0.15, 0.2) is 40.3 Å². The minimum Gasteiger partial charge on any atom is -0.472 e. The van der Waals surface area contributed by atoms with Crippen LogP contribution in [0, 0.1) is 0 Å². The van der Waals surface area contributed by atoms with E-state index in [4.69, 9.17) is 4.42 Å². The lowest BCUT2D eigenvalue weighted by Crippen LogP contribution is -2.23. The largest absolute Gasteiger partial charge is 0.472 e. The highest BCUT2D eigenvalue weighted by Gasteiger charge is 2.20. The van der Waals surface area contributed by atoms with Crippen LogP contribution in [0.5, 0.6) is 0 Å². The Morgan fingerprint density at radius 3 is 3.00 bits per heavy atom. The van der Waals surface area contributed by atoms with E-state index in [1.807, 2.05) is 0 Å². The fourth-order valence-corrected chi connectivity index (χ4v) is 2.90. The predicted octanol–water partition coefficient (Wildman–Crippen LogP) is 0.707. The van der Waals surface area contributed by atoms with E-state index in [2.05, 4.69) is 15.1 Å². The standard InChI is InChI=1S/C13H18N4O3S/c18-21(19,16-7-11-3-6-20-10-11)13-8-15-17(9-13)5-4-14-12-1-2-12/h3,6,8-10,12,14,16H,1-2,4-5,7H2. The van der Waals surface area contributed by atoms with Gasteiger partial charge in [-0.2, -0.15) is 5.10 Å². The molecule has 0 radical (unpaired) electrons. The summed E-state index contributed by atoms with van der Waals surface area (Å²) in [5, 5.41) is 7.44. The molecule has 2 N–H and O–H groups in total. The number of aromatic nitrogens is 2. The van der Waals surface area contributed by atoms with Gasteiger partial charge < -0.3 is 9.73 Å². The number of rotatable bonds is 8. The third kappa shape index (κ3) is 3.93. The van der Waals surface area contributed by atoms with Crippen molar-refractivity contribution in [2.45, 2.75) is 36.9 Å². The minimum absolute atomic E-state index is 0.178.